The van der Waals surface area contributed by atoms with Crippen LogP contribution in [0.2, 0.25) is 0 Å². The smallest absolute Gasteiger partial charge is 0.295 e. The largest absolute Gasteiger partial charge is 0.507 e. The van der Waals surface area contributed by atoms with E-state index in [2.05, 4.69) is 18.8 Å². The lowest BCUT2D eigenvalue weighted by Gasteiger charge is -2.26. The molecule has 1 saturated heterocycles. The van der Waals surface area contributed by atoms with Crippen LogP contribution in [0.5, 0.6) is 17.2 Å². The van der Waals surface area contributed by atoms with Gasteiger partial charge in [0.05, 0.1) is 31.9 Å². The molecule has 1 N–H and O–H groups in total. The summed E-state index contributed by atoms with van der Waals surface area (Å²) in [6, 6.07) is 15.1. The lowest BCUT2D eigenvalue weighted by Crippen LogP contribution is -2.29. The fraction of sp³-hybridized carbons (Fsp3) is 0.364. The SMILES string of the molecule is CCCCCOc1ccc(C2/C(=C(\O)c3cccc(OCCCC)c3)C(=O)C(=O)N2Cc2cccnc2)cc1OC. The molecular weight excluding hydrogens is 520 g/mol. The zero-order valence-electron chi connectivity index (χ0n) is 24.0. The highest BCUT2D eigenvalue weighted by atomic mass is 16.5. The fourth-order valence-corrected chi connectivity index (χ4v) is 4.81. The normalized spacial score (nSPS) is 16.2. The van der Waals surface area contributed by atoms with Crippen LogP contribution in [0.1, 0.15) is 68.7 Å². The number of pyridine rings is 1. The maximum Gasteiger partial charge on any atom is 0.295 e. The van der Waals surface area contributed by atoms with Crippen molar-refractivity contribution in [2.45, 2.75) is 58.5 Å². The first-order valence-corrected chi connectivity index (χ1v) is 14.2. The Labute approximate surface area is 241 Å². The number of Topliss-reactive ketones (excluding diaryl/α,β-unsaturated/α-hetero) is 1. The zero-order valence-corrected chi connectivity index (χ0v) is 24.0. The number of aliphatic hydroxyl groups is 1. The molecule has 1 atom stereocenters. The summed E-state index contributed by atoms with van der Waals surface area (Å²) in [5.74, 6) is -0.0790. The Morgan fingerprint density at radius 2 is 1.73 bits per heavy atom. The zero-order chi connectivity index (χ0) is 29.2. The number of aliphatic hydroxyl groups excluding tert-OH is 1. The molecule has 1 aromatic heterocycles. The molecule has 0 radical (unpaired) electrons. The predicted octanol–water partition coefficient (Wildman–Crippen LogP) is 6.46. The summed E-state index contributed by atoms with van der Waals surface area (Å²) in [7, 11) is 1.55. The third kappa shape index (κ3) is 7.06. The number of rotatable bonds is 14. The van der Waals surface area contributed by atoms with Crippen molar-refractivity contribution in [1.82, 2.24) is 9.88 Å². The molecule has 1 fully saturated rings. The van der Waals surface area contributed by atoms with Crippen LogP contribution in [-0.2, 0) is 16.1 Å². The Kier molecular flexibility index (Phi) is 10.4. The van der Waals surface area contributed by atoms with E-state index in [1.165, 1.54) is 4.90 Å². The van der Waals surface area contributed by atoms with Crippen LogP contribution in [0, 0.1) is 0 Å². The number of carbonyl (C=O) groups is 2. The van der Waals surface area contributed by atoms with E-state index in [9.17, 15) is 14.7 Å². The quantitative estimate of drug-likeness (QED) is 0.105. The lowest BCUT2D eigenvalue weighted by atomic mass is 9.94. The van der Waals surface area contributed by atoms with E-state index in [0.717, 1.165) is 37.7 Å². The van der Waals surface area contributed by atoms with Crippen molar-refractivity contribution in [3.05, 3.63) is 89.3 Å². The molecule has 1 aliphatic rings. The van der Waals surface area contributed by atoms with Gasteiger partial charge in [-0.15, -0.1) is 0 Å². The molecule has 3 aromatic rings. The summed E-state index contributed by atoms with van der Waals surface area (Å²) < 4.78 is 17.4. The van der Waals surface area contributed by atoms with Gasteiger partial charge in [0.15, 0.2) is 11.5 Å². The number of methoxy groups -OCH3 is 1. The minimum Gasteiger partial charge on any atom is -0.507 e. The van der Waals surface area contributed by atoms with E-state index in [1.807, 2.05) is 12.1 Å². The molecule has 2 heterocycles. The second-order valence-electron chi connectivity index (χ2n) is 9.98. The van der Waals surface area contributed by atoms with E-state index in [0.29, 0.717) is 41.6 Å². The summed E-state index contributed by atoms with van der Waals surface area (Å²) in [4.78, 5) is 32.6. The van der Waals surface area contributed by atoms with Gasteiger partial charge in [0.25, 0.3) is 11.7 Å². The van der Waals surface area contributed by atoms with Gasteiger partial charge >= 0.3 is 0 Å². The number of ether oxygens (including phenoxy) is 3. The first kappa shape index (κ1) is 29.6. The third-order valence-electron chi connectivity index (χ3n) is 7.00. The molecule has 41 heavy (non-hydrogen) atoms. The Hall–Kier alpha value is -4.33. The topological polar surface area (TPSA) is 98.2 Å². The number of amides is 1. The lowest BCUT2D eigenvalue weighted by molar-refractivity contribution is -0.140. The number of aromatic nitrogens is 1. The average molecular weight is 559 g/mol. The van der Waals surface area contributed by atoms with Crippen LogP contribution in [0.4, 0.5) is 0 Å². The minimum atomic E-state index is -0.858. The molecule has 0 spiro atoms. The molecule has 2 aromatic carbocycles. The van der Waals surface area contributed by atoms with Crippen molar-refractivity contribution in [2.24, 2.45) is 0 Å². The van der Waals surface area contributed by atoms with E-state index in [1.54, 1.807) is 62.0 Å². The molecular formula is C33H38N2O6. The van der Waals surface area contributed by atoms with Gasteiger partial charge in [-0.3, -0.25) is 14.6 Å². The number of hydrogen-bond acceptors (Lipinski definition) is 7. The van der Waals surface area contributed by atoms with Crippen LogP contribution in [-0.4, -0.2) is 47.0 Å². The van der Waals surface area contributed by atoms with Gasteiger partial charge in [0.1, 0.15) is 11.5 Å². The van der Waals surface area contributed by atoms with Crippen molar-refractivity contribution in [2.75, 3.05) is 20.3 Å². The molecule has 0 bridgehead atoms. The van der Waals surface area contributed by atoms with Gasteiger partial charge in [-0.2, -0.15) is 0 Å². The first-order chi connectivity index (χ1) is 20.0. The Morgan fingerprint density at radius 1 is 0.927 bits per heavy atom. The maximum absolute atomic E-state index is 13.5. The number of carbonyl (C=O) groups excluding carboxylic acids is 2. The van der Waals surface area contributed by atoms with Gasteiger partial charge in [0, 0.05) is 24.5 Å². The van der Waals surface area contributed by atoms with E-state index >= 15 is 0 Å². The number of unbranched alkanes of at least 4 members (excludes halogenated alkanes) is 3. The van der Waals surface area contributed by atoms with Crippen LogP contribution in [0.15, 0.2) is 72.6 Å². The summed E-state index contributed by atoms with van der Waals surface area (Å²) in [5.41, 5.74) is 1.77. The number of ketones is 1. The minimum absolute atomic E-state index is 0.00302. The predicted molar refractivity (Wildman–Crippen MR) is 157 cm³/mol. The summed E-state index contributed by atoms with van der Waals surface area (Å²) in [6.07, 6.45) is 8.27. The van der Waals surface area contributed by atoms with Crippen molar-refractivity contribution in [3.8, 4) is 17.2 Å². The number of benzene rings is 2. The second kappa shape index (κ2) is 14.3. The molecule has 1 unspecified atom stereocenters. The van der Waals surface area contributed by atoms with Gasteiger partial charge in [-0.25, -0.2) is 0 Å². The van der Waals surface area contributed by atoms with Crippen molar-refractivity contribution < 1.29 is 28.9 Å². The van der Waals surface area contributed by atoms with Crippen molar-refractivity contribution in [1.29, 1.82) is 0 Å². The van der Waals surface area contributed by atoms with Gasteiger partial charge < -0.3 is 24.2 Å². The van der Waals surface area contributed by atoms with Crippen molar-refractivity contribution in [3.63, 3.8) is 0 Å². The number of likely N-dealkylation sites (tertiary alicyclic amines) is 1. The fourth-order valence-electron chi connectivity index (χ4n) is 4.81. The van der Waals surface area contributed by atoms with Gasteiger partial charge in [0.2, 0.25) is 0 Å². The van der Waals surface area contributed by atoms with Gasteiger partial charge in [-0.05, 0) is 54.3 Å². The van der Waals surface area contributed by atoms with Crippen LogP contribution in [0.3, 0.4) is 0 Å². The third-order valence-corrected chi connectivity index (χ3v) is 7.00. The molecule has 8 heteroatoms. The maximum atomic E-state index is 13.5. The van der Waals surface area contributed by atoms with Crippen LogP contribution in [0.25, 0.3) is 5.76 Å². The highest BCUT2D eigenvalue weighted by molar-refractivity contribution is 6.46. The standard InChI is InChI=1S/C33H38N2O6/c1-4-6-8-18-41-27-15-14-24(20-28(27)39-3)30-29(31(36)25-12-9-13-26(19-25)40-17-7-5-2)32(37)33(38)35(30)22-23-11-10-16-34-21-23/h9-16,19-21,30,36H,4-8,17-18,22H2,1-3H3/b31-29+. The van der Waals surface area contributed by atoms with Crippen LogP contribution < -0.4 is 14.2 Å². The molecule has 216 valence electrons. The molecule has 1 amide bonds. The van der Waals surface area contributed by atoms with E-state index < -0.39 is 17.7 Å². The average Bonchev–Trinajstić information content (AvgIpc) is 3.24. The summed E-state index contributed by atoms with van der Waals surface area (Å²) in [5, 5.41) is 11.5. The molecule has 1 aliphatic heterocycles. The Bertz CT molecular complexity index is 1370. The summed E-state index contributed by atoms with van der Waals surface area (Å²) in [6.45, 7) is 5.45. The molecule has 8 nitrogen and oxygen atoms in total. The van der Waals surface area contributed by atoms with Crippen molar-refractivity contribution >= 4 is 17.4 Å². The molecule has 0 aliphatic carbocycles. The van der Waals surface area contributed by atoms with E-state index in [4.69, 9.17) is 14.2 Å². The first-order valence-electron chi connectivity index (χ1n) is 14.2. The van der Waals surface area contributed by atoms with Gasteiger partial charge in [-0.1, -0.05) is 57.4 Å². The second-order valence-corrected chi connectivity index (χ2v) is 9.98. The molecule has 4 rings (SSSR count). The highest BCUT2D eigenvalue weighted by Gasteiger charge is 2.46. The van der Waals surface area contributed by atoms with E-state index in [-0.39, 0.29) is 17.9 Å². The number of hydrogen-bond donors (Lipinski definition) is 1. The monoisotopic (exact) mass is 558 g/mol. The highest BCUT2D eigenvalue weighted by Crippen LogP contribution is 2.43. The Balaban J connectivity index is 1.77. The Morgan fingerprint density at radius 3 is 2.46 bits per heavy atom. The summed E-state index contributed by atoms with van der Waals surface area (Å²) >= 11 is 0. The molecule has 0 saturated carbocycles. The number of nitrogens with zero attached hydrogens (tertiary/aromatic N) is 2. The van der Waals surface area contributed by atoms with Crippen LogP contribution >= 0.6 is 0 Å².